The molecule has 568 valence electrons. The molecule has 1 aliphatic heterocycles. The molecule has 0 saturated carbocycles. The van der Waals surface area contributed by atoms with Gasteiger partial charge in [0.1, 0.15) is 23.8 Å². The molecule has 1 unspecified atom stereocenters. The topological polar surface area (TPSA) is 247 Å². The number of thioether (sulfide) groups is 1. The van der Waals surface area contributed by atoms with E-state index in [9.17, 15) is 28.8 Å². The van der Waals surface area contributed by atoms with Crippen LogP contribution in [0.15, 0.2) is 238 Å². The molecule has 1 aliphatic rings. The third-order valence-electron chi connectivity index (χ3n) is 19.2. The quantitative estimate of drug-likeness (QED) is 0.0101. The van der Waals surface area contributed by atoms with Crippen LogP contribution in [-0.2, 0) is 52.8 Å². The van der Waals surface area contributed by atoms with E-state index in [1.54, 1.807) is 18.8 Å². The number of ketones is 2. The first kappa shape index (κ1) is 77.7. The van der Waals surface area contributed by atoms with Crippen molar-refractivity contribution in [2.45, 2.75) is 104 Å². The summed E-state index contributed by atoms with van der Waals surface area (Å²) >= 11 is 1.65. The Labute approximate surface area is 651 Å². The summed E-state index contributed by atoms with van der Waals surface area (Å²) in [6, 6.07) is 67.0. The lowest BCUT2D eigenvalue weighted by atomic mass is 9.95. The smallest absolute Gasteiger partial charge is 0.332 e. The van der Waals surface area contributed by atoms with E-state index in [-0.39, 0.29) is 36.2 Å². The van der Waals surface area contributed by atoms with Gasteiger partial charge in [0.2, 0.25) is 5.91 Å². The lowest BCUT2D eigenvalue weighted by Crippen LogP contribution is -2.30. The van der Waals surface area contributed by atoms with Gasteiger partial charge in [-0.25, -0.2) is 19.2 Å². The van der Waals surface area contributed by atoms with Crippen molar-refractivity contribution in [1.29, 1.82) is 0 Å². The Kier molecular flexibility index (Phi) is 24.6. The van der Waals surface area contributed by atoms with Crippen LogP contribution in [0.4, 0.5) is 0 Å². The lowest BCUT2D eigenvalue weighted by Gasteiger charge is -2.16. The van der Waals surface area contributed by atoms with Gasteiger partial charge in [0.05, 0.1) is 58.8 Å². The molecule has 10 aromatic carbocycles. The number of hydrogen-bond donors (Lipinski definition) is 0. The number of rotatable bonds is 30. The fourth-order valence-corrected chi connectivity index (χ4v) is 14.6. The minimum absolute atomic E-state index is 0.00765. The Balaban J connectivity index is 0.759. The van der Waals surface area contributed by atoms with Crippen LogP contribution in [-0.4, -0.2) is 130 Å². The van der Waals surface area contributed by atoms with Crippen LogP contribution in [0.5, 0.6) is 5.75 Å². The average Bonchev–Trinajstić information content (AvgIpc) is 1.59. The van der Waals surface area contributed by atoms with Gasteiger partial charge >= 0.3 is 23.9 Å². The molecule has 1 saturated heterocycles. The SMILES string of the molecule is CC(=O)O/N=C(/CCCCSc1ccc(C(=O)c2ccc3c(c2)c2cc(/C(CN(C)C(C)=O)=N\OC(C)=O)ccc2n3-c2ccc(/C(CCOC(C)C)=N/OC(C)=O)cc2)cc1)c1ccc2c(c1)c1cc(C(=O)c3cccc4c(OCC5CCCO5)cccc34)ccc1n2-c1ccc(/C(=N/OC(C)=O)c2ccccc2)cc1. The molecular formula is C90H83N7O14S. The van der Waals surface area contributed by atoms with Crippen molar-refractivity contribution < 1.29 is 67.1 Å². The zero-order valence-electron chi connectivity index (χ0n) is 63.4. The monoisotopic (exact) mass is 1520 g/mol. The summed E-state index contributed by atoms with van der Waals surface area (Å²) in [5.41, 5.74) is 12.2. The first-order valence-electron chi connectivity index (χ1n) is 37.1. The Bertz CT molecular complexity index is 5720. The molecule has 0 aliphatic carbocycles. The number of carbonyl (C=O) groups is 7. The molecule has 1 amide bonds. The highest BCUT2D eigenvalue weighted by Gasteiger charge is 2.25. The zero-order valence-corrected chi connectivity index (χ0v) is 64.2. The Morgan fingerprint density at radius 1 is 0.473 bits per heavy atom. The normalized spacial score (nSPS) is 13.5. The molecule has 12 aromatic rings. The number of ether oxygens (including phenoxy) is 3. The van der Waals surface area contributed by atoms with Crippen LogP contribution in [0, 0.1) is 0 Å². The molecule has 112 heavy (non-hydrogen) atoms. The van der Waals surface area contributed by atoms with Gasteiger partial charge in [0.15, 0.2) is 11.6 Å². The van der Waals surface area contributed by atoms with E-state index in [1.807, 2.05) is 226 Å². The summed E-state index contributed by atoms with van der Waals surface area (Å²) in [5.74, 6) is -1.46. The van der Waals surface area contributed by atoms with Gasteiger partial charge in [0.25, 0.3) is 0 Å². The first-order valence-corrected chi connectivity index (χ1v) is 38.1. The van der Waals surface area contributed by atoms with E-state index < -0.39 is 23.9 Å². The molecule has 1 atom stereocenters. The van der Waals surface area contributed by atoms with E-state index in [0.29, 0.717) is 88.9 Å². The second-order valence-electron chi connectivity index (χ2n) is 27.6. The van der Waals surface area contributed by atoms with Crippen LogP contribution >= 0.6 is 11.8 Å². The number of benzene rings is 10. The van der Waals surface area contributed by atoms with Crippen LogP contribution in [0.2, 0.25) is 0 Å². The van der Waals surface area contributed by atoms with E-state index in [1.165, 1.54) is 39.5 Å². The van der Waals surface area contributed by atoms with Crippen molar-refractivity contribution in [3.05, 3.63) is 262 Å². The van der Waals surface area contributed by atoms with E-state index in [2.05, 4.69) is 29.8 Å². The summed E-state index contributed by atoms with van der Waals surface area (Å²) in [7, 11) is 1.63. The van der Waals surface area contributed by atoms with Crippen molar-refractivity contribution in [3.63, 3.8) is 0 Å². The van der Waals surface area contributed by atoms with Gasteiger partial charge in [-0.15, -0.1) is 11.8 Å². The number of fused-ring (bicyclic) bond motifs is 7. The maximum absolute atomic E-state index is 15.0. The molecule has 22 heteroatoms. The molecule has 2 aromatic heterocycles. The first-order chi connectivity index (χ1) is 54.2. The number of amides is 1. The van der Waals surface area contributed by atoms with E-state index in [4.69, 9.17) is 33.6 Å². The second-order valence-corrected chi connectivity index (χ2v) is 28.7. The number of unbranched alkanes of at least 4 members (excludes halogenated alkanes) is 1. The summed E-state index contributed by atoms with van der Waals surface area (Å²) in [5, 5.41) is 21.8. The second kappa shape index (κ2) is 35.5. The van der Waals surface area contributed by atoms with Crippen molar-refractivity contribution in [3.8, 4) is 17.1 Å². The predicted molar refractivity (Wildman–Crippen MR) is 436 cm³/mol. The Hall–Kier alpha value is -12.5. The summed E-state index contributed by atoms with van der Waals surface area (Å²) in [6.07, 6.45) is 4.22. The third-order valence-corrected chi connectivity index (χ3v) is 20.3. The Morgan fingerprint density at radius 3 is 1.51 bits per heavy atom. The molecule has 21 nitrogen and oxygen atoms in total. The number of hydrogen-bond acceptors (Lipinski definition) is 19. The van der Waals surface area contributed by atoms with Crippen molar-refractivity contribution in [2.24, 2.45) is 20.6 Å². The number of oxime groups is 4. The third kappa shape index (κ3) is 18.2. The van der Waals surface area contributed by atoms with E-state index in [0.717, 1.165) is 125 Å². The highest BCUT2D eigenvalue weighted by atomic mass is 32.2. The number of nitrogens with zero attached hydrogens (tertiary/aromatic N) is 7. The van der Waals surface area contributed by atoms with Crippen molar-refractivity contribution >= 4 is 130 Å². The molecule has 13 rings (SSSR count). The van der Waals surface area contributed by atoms with Crippen LogP contribution in [0.3, 0.4) is 0 Å². The fourth-order valence-electron chi connectivity index (χ4n) is 13.7. The van der Waals surface area contributed by atoms with Crippen molar-refractivity contribution in [2.75, 3.05) is 39.2 Å². The Morgan fingerprint density at radius 2 is 0.955 bits per heavy atom. The van der Waals surface area contributed by atoms with Gasteiger partial charge < -0.3 is 47.6 Å². The number of likely N-dealkylation sites (N-methyl/N-ethyl adjacent to an activating group) is 1. The summed E-state index contributed by atoms with van der Waals surface area (Å²) < 4.78 is 22.2. The van der Waals surface area contributed by atoms with Gasteiger partial charge in [-0.2, -0.15) is 0 Å². The predicted octanol–water partition coefficient (Wildman–Crippen LogP) is 17.4. The standard InChI is InChI=1S/C90H83N7O14S/c1-55(2)105-47-45-81(92-109-58(5)100)61-25-35-69(36-26-61)96-84-42-32-66(82(93-110-59(6)101)53-95(8)56(3)98)50-77(84)78-51-67(33-43-85(78)96)89(103)64-29-39-72(40-30-64)112-48-13-12-23-80(91-108-57(4)99)65-31-41-83-76(49-65)79-52-68(90(104)75-22-14-21-74-73(75)20-15-24-87(74)107-54-71-19-16-46-106-71)34-44-86(79)97(83)70-37-27-63(28-38-70)88(94-111-60(7)102)62-17-10-9-11-18-62/h9-11,14-15,17-18,20-22,24-44,49-52,55,71H,12-13,16,19,23,45-48,53-54H2,1-8H3/b91-80-,92-81+,93-82-,94-88+. The molecule has 0 radical (unpaired) electrons. The largest absolute Gasteiger partial charge is 0.490 e. The van der Waals surface area contributed by atoms with E-state index >= 15 is 4.79 Å². The van der Waals surface area contributed by atoms with Gasteiger partial charge in [0, 0.05) is 142 Å². The minimum atomic E-state index is -0.624. The number of aromatic nitrogens is 2. The fraction of sp³-hybridized carbons (Fsp3) is 0.233. The summed E-state index contributed by atoms with van der Waals surface area (Å²) in [4.78, 5) is 114. The molecule has 3 heterocycles. The zero-order chi connectivity index (χ0) is 78.5. The molecule has 0 spiro atoms. The van der Waals surface area contributed by atoms with Gasteiger partial charge in [-0.3, -0.25) is 14.4 Å². The highest BCUT2D eigenvalue weighted by molar-refractivity contribution is 7.99. The van der Waals surface area contributed by atoms with Crippen LogP contribution < -0.4 is 4.74 Å². The average molecular weight is 1520 g/mol. The minimum Gasteiger partial charge on any atom is -0.490 e. The van der Waals surface area contributed by atoms with Crippen LogP contribution in [0.1, 0.15) is 147 Å². The molecule has 0 bridgehead atoms. The number of carbonyl (C=O) groups excluding carboxylic acids is 7. The molecular weight excluding hydrogens is 1440 g/mol. The van der Waals surface area contributed by atoms with Gasteiger partial charge in [-0.1, -0.05) is 118 Å². The molecule has 0 N–H and O–H groups in total. The van der Waals surface area contributed by atoms with Crippen molar-refractivity contribution in [1.82, 2.24) is 14.0 Å². The molecule has 1 fully saturated rings. The maximum Gasteiger partial charge on any atom is 0.332 e. The van der Waals surface area contributed by atoms with Gasteiger partial charge in [-0.05, 0) is 178 Å². The summed E-state index contributed by atoms with van der Waals surface area (Å²) in [6.45, 7) is 12.0. The highest BCUT2D eigenvalue weighted by Crippen LogP contribution is 2.39. The lowest BCUT2D eigenvalue weighted by molar-refractivity contribution is -0.141. The maximum atomic E-state index is 15.0. The van der Waals surface area contributed by atoms with Crippen LogP contribution in [0.25, 0.3) is 65.8 Å².